The minimum absolute atomic E-state index is 0. The van der Waals surface area contributed by atoms with Crippen molar-refractivity contribution in [3.05, 3.63) is 18.2 Å². The van der Waals surface area contributed by atoms with Gasteiger partial charge in [0.1, 0.15) is 0 Å². The van der Waals surface area contributed by atoms with Crippen molar-refractivity contribution in [3.63, 3.8) is 0 Å². The number of aromatic hydroxyl groups is 1. The molecule has 0 fully saturated rings. The quantitative estimate of drug-likeness (QED) is 0.239. The number of carboxylic acids is 1. The van der Waals surface area contributed by atoms with Crippen molar-refractivity contribution in [2.24, 2.45) is 0 Å². The largest absolute Gasteiger partial charge is 0.481 e. The van der Waals surface area contributed by atoms with Crippen LogP contribution in [0.1, 0.15) is 39.5 Å². The van der Waals surface area contributed by atoms with Crippen LogP contribution in [0.3, 0.4) is 0 Å². The van der Waals surface area contributed by atoms with Gasteiger partial charge in [-0.15, -0.1) is 0 Å². The van der Waals surface area contributed by atoms with E-state index in [2.05, 4.69) is 12.2 Å². The molecule has 0 unspecified atom stereocenters. The van der Waals surface area contributed by atoms with Gasteiger partial charge in [-0.2, -0.15) is 0 Å². The molecule has 0 bridgehead atoms. The Morgan fingerprint density at radius 2 is 1.79 bits per heavy atom. The molecule has 1 aromatic carbocycles. The number of carbonyl (C=O) groups excluding carboxylic acids is 1. The van der Waals surface area contributed by atoms with Gasteiger partial charge in [-0.3, -0.25) is 4.79 Å². The van der Waals surface area contributed by atoms with Crippen molar-refractivity contribution >= 4 is 36.1 Å². The molecule has 0 aliphatic carbocycles. The smallest absolute Gasteiger partial charge is 0.303 e. The number of carboxylic acid groups (broad SMARTS) is 1. The van der Waals surface area contributed by atoms with Crippen LogP contribution in [0.5, 0.6) is 5.75 Å². The van der Waals surface area contributed by atoms with Crippen molar-refractivity contribution in [2.75, 3.05) is 5.32 Å². The summed E-state index contributed by atoms with van der Waals surface area (Å²) in [7, 11) is 0. The van der Waals surface area contributed by atoms with E-state index in [9.17, 15) is 18.4 Å². The molecular formula is C14H22AsNO7Zn. The van der Waals surface area contributed by atoms with Crippen LogP contribution < -0.4 is 9.67 Å². The molecule has 5 N–H and O–H groups in total. The summed E-state index contributed by atoms with van der Waals surface area (Å²) in [5, 5.41) is 19.7. The van der Waals surface area contributed by atoms with Gasteiger partial charge >= 0.3 is 94.1 Å². The second kappa shape index (κ2) is 12.3. The molecule has 0 radical (unpaired) electrons. The Hall–Kier alpha value is -1.14. The Kier molecular flexibility index (Phi) is 12.8. The molecule has 0 atom stereocenters. The molecule has 1 aromatic rings. The standard InChI is InChI=1S/C8H10AsNO5.C6H12O2.Zn/c1-5(11)10-7-4-6(9(13,14)15)2-3-8(7)12;1-2-3-4-5-6(7)8;/h2-4,12H,1H3,(H,10,11)(H2,13,14,15);2-5H2,1H3,(H,7,8);. The minimum Gasteiger partial charge on any atom is -0.481 e. The Morgan fingerprint density at radius 1 is 1.21 bits per heavy atom. The van der Waals surface area contributed by atoms with E-state index in [-0.39, 0.29) is 35.3 Å². The summed E-state index contributed by atoms with van der Waals surface area (Å²) in [6.45, 7) is 3.29. The van der Waals surface area contributed by atoms with Gasteiger partial charge in [0.15, 0.2) is 0 Å². The van der Waals surface area contributed by atoms with E-state index in [1.807, 2.05) is 0 Å². The Labute approximate surface area is 156 Å². The zero-order valence-corrected chi connectivity index (χ0v) is 18.6. The number of anilines is 1. The fourth-order valence-electron chi connectivity index (χ4n) is 1.52. The number of benzene rings is 1. The predicted octanol–water partition coefficient (Wildman–Crippen LogP) is 0.560. The maximum Gasteiger partial charge on any atom is 0.303 e. The molecule has 0 aliphatic rings. The van der Waals surface area contributed by atoms with Crippen LogP contribution in [0.4, 0.5) is 5.69 Å². The third-order valence-electron chi connectivity index (χ3n) is 2.62. The molecule has 0 aliphatic heterocycles. The molecule has 0 heterocycles. The first kappa shape index (κ1) is 25.1. The number of amides is 1. The van der Waals surface area contributed by atoms with E-state index in [0.29, 0.717) is 6.42 Å². The van der Waals surface area contributed by atoms with Gasteiger partial charge in [-0.25, -0.2) is 0 Å². The second-order valence-electron chi connectivity index (χ2n) is 4.78. The van der Waals surface area contributed by atoms with E-state index >= 15 is 0 Å². The molecule has 0 saturated carbocycles. The number of nitrogens with one attached hydrogen (secondary N) is 1. The summed E-state index contributed by atoms with van der Waals surface area (Å²) in [6.07, 6.45) is 3.28. The first-order valence-corrected chi connectivity index (χ1v) is 10.3. The van der Waals surface area contributed by atoms with Crippen LogP contribution in [0.15, 0.2) is 18.2 Å². The van der Waals surface area contributed by atoms with Crippen molar-refractivity contribution in [1.29, 1.82) is 0 Å². The molecule has 0 spiro atoms. The molecule has 24 heavy (non-hydrogen) atoms. The van der Waals surface area contributed by atoms with E-state index < -0.39 is 26.0 Å². The Balaban J connectivity index is 0. The fraction of sp³-hybridized carbons (Fsp3) is 0.429. The second-order valence-corrected chi connectivity index (χ2v) is 8.14. The Bertz CT molecular complexity index is 588. The Morgan fingerprint density at radius 3 is 2.21 bits per heavy atom. The third-order valence-corrected chi connectivity index (χ3v) is 4.62. The average molecular weight is 457 g/mol. The van der Waals surface area contributed by atoms with Crippen molar-refractivity contribution in [3.8, 4) is 5.75 Å². The van der Waals surface area contributed by atoms with Crippen LogP contribution in [-0.2, 0) is 32.8 Å². The maximum atomic E-state index is 10.9. The average Bonchev–Trinajstić information content (AvgIpc) is 2.40. The van der Waals surface area contributed by atoms with Gasteiger partial charge in [-0.1, -0.05) is 19.8 Å². The van der Waals surface area contributed by atoms with Gasteiger partial charge in [0.05, 0.1) is 0 Å². The first-order chi connectivity index (χ1) is 10.6. The number of phenols is 1. The zero-order valence-electron chi connectivity index (χ0n) is 13.7. The zero-order chi connectivity index (χ0) is 18.0. The predicted molar refractivity (Wildman–Crippen MR) is 84.7 cm³/mol. The van der Waals surface area contributed by atoms with Crippen LogP contribution in [0, 0.1) is 0 Å². The van der Waals surface area contributed by atoms with Crippen LogP contribution >= 0.6 is 0 Å². The summed E-state index contributed by atoms with van der Waals surface area (Å²) in [4.78, 5) is 20.6. The molecule has 0 aromatic heterocycles. The van der Waals surface area contributed by atoms with E-state index in [4.69, 9.17) is 13.3 Å². The summed E-state index contributed by atoms with van der Waals surface area (Å²) in [5.74, 6) is -1.35. The number of unbranched alkanes of at least 4 members (excludes halogenated alkanes) is 2. The normalized spacial score (nSPS) is 10.0. The first-order valence-electron chi connectivity index (χ1n) is 6.96. The molecule has 1 amide bonds. The topological polar surface area (TPSA) is 144 Å². The molecule has 1 rings (SSSR count). The van der Waals surface area contributed by atoms with Crippen LogP contribution in [-0.4, -0.2) is 44.5 Å². The van der Waals surface area contributed by atoms with Crippen molar-refractivity contribution < 1.29 is 51.2 Å². The molecule has 10 heteroatoms. The van der Waals surface area contributed by atoms with Crippen molar-refractivity contribution in [1.82, 2.24) is 0 Å². The summed E-state index contributed by atoms with van der Waals surface area (Å²) in [6, 6.07) is 3.32. The van der Waals surface area contributed by atoms with Crippen LogP contribution in [0.25, 0.3) is 0 Å². The number of aliphatic carboxylic acids is 1. The van der Waals surface area contributed by atoms with Crippen LogP contribution in [0.2, 0.25) is 0 Å². The molecule has 132 valence electrons. The summed E-state index contributed by atoms with van der Waals surface area (Å²) in [5.41, 5.74) is -0.00951. The number of rotatable bonds is 6. The molecule has 0 saturated heterocycles. The van der Waals surface area contributed by atoms with Gasteiger partial charge < -0.3 is 5.11 Å². The van der Waals surface area contributed by atoms with Crippen molar-refractivity contribution in [2.45, 2.75) is 39.5 Å². The fourth-order valence-corrected chi connectivity index (χ4v) is 2.71. The van der Waals surface area contributed by atoms with E-state index in [0.717, 1.165) is 37.5 Å². The third kappa shape index (κ3) is 11.4. The van der Waals surface area contributed by atoms with Gasteiger partial charge in [-0.05, 0) is 6.42 Å². The monoisotopic (exact) mass is 455 g/mol. The van der Waals surface area contributed by atoms with Gasteiger partial charge in [0, 0.05) is 25.9 Å². The summed E-state index contributed by atoms with van der Waals surface area (Å²) < 4.78 is 28.6. The van der Waals surface area contributed by atoms with E-state index in [1.165, 1.54) is 6.92 Å². The molecule has 8 nitrogen and oxygen atoms in total. The maximum absolute atomic E-state index is 10.9. The number of hydrogen-bond acceptors (Lipinski definition) is 4. The summed E-state index contributed by atoms with van der Waals surface area (Å²) >= 11 is -4.98. The van der Waals surface area contributed by atoms with Gasteiger partial charge in [0.25, 0.3) is 0 Å². The molecular weight excluding hydrogens is 434 g/mol. The number of phenolic OH excluding ortho intramolecular Hbond substituents is 1. The SMILES string of the molecule is CC(=O)Nc1cc([As](=O)(O)O)ccc1O.CCCCCC(=O)O.[Zn]. The number of hydrogen-bond donors (Lipinski definition) is 5. The van der Waals surface area contributed by atoms with Gasteiger partial charge in [0.2, 0.25) is 0 Å². The van der Waals surface area contributed by atoms with E-state index in [1.54, 1.807) is 0 Å². The minimum atomic E-state index is -4.98. The number of carbonyl (C=O) groups is 2.